The van der Waals surface area contributed by atoms with E-state index < -0.39 is 151 Å². The number of carbonyl (C=O) groups is 10. The Morgan fingerprint density at radius 1 is 0.563 bits per heavy atom. The second-order valence-electron chi connectivity index (χ2n) is 18.3. The van der Waals surface area contributed by atoms with Crippen molar-refractivity contribution in [2.75, 3.05) is 39.3 Å². The SMILES string of the molecule is CC(C)CC1NC(=O)[C@H](CCN)NC(=O)[C@@H](NC(=O)[C@H](CCN)NC(=O)[C@@H](NC(=O)[C@@H](N)CCN)[C@@H](C)O)CCNC(=O)[C@H]([C@@H](C)O)NC(=O)[C@H](CCN)NC(=O)[C@H](CCN)NC(=O)[C@H](C(C)C)NC1=O. The topological polar surface area (TPSA) is 488 Å². The van der Waals surface area contributed by atoms with Gasteiger partial charge in [-0.1, -0.05) is 27.7 Å². The molecule has 0 spiro atoms. The van der Waals surface area contributed by atoms with E-state index in [1.54, 1.807) is 27.7 Å². The zero-order chi connectivity index (χ0) is 54.1. The van der Waals surface area contributed by atoms with E-state index in [-0.39, 0.29) is 77.2 Å². The van der Waals surface area contributed by atoms with Crippen molar-refractivity contribution in [1.29, 1.82) is 0 Å². The number of amides is 10. The summed E-state index contributed by atoms with van der Waals surface area (Å²) < 4.78 is 0. The van der Waals surface area contributed by atoms with Crippen molar-refractivity contribution in [3.8, 4) is 0 Å². The molecule has 10 amide bonds. The van der Waals surface area contributed by atoms with E-state index in [2.05, 4.69) is 53.2 Å². The molecule has 1 aliphatic rings. The lowest BCUT2D eigenvalue weighted by molar-refractivity contribution is -0.137. The molecule has 12 atom stereocenters. The minimum Gasteiger partial charge on any atom is -0.391 e. The summed E-state index contributed by atoms with van der Waals surface area (Å²) in [5, 5.41) is 46.1. The molecule has 28 heteroatoms. The highest BCUT2D eigenvalue weighted by molar-refractivity contribution is 5.99. The van der Waals surface area contributed by atoms with Crippen LogP contribution in [0.5, 0.6) is 0 Å². The van der Waals surface area contributed by atoms with Crippen LogP contribution in [-0.4, -0.2) is 181 Å². The van der Waals surface area contributed by atoms with Gasteiger partial charge in [0.05, 0.1) is 18.2 Å². The van der Waals surface area contributed by atoms with Gasteiger partial charge in [0.2, 0.25) is 59.1 Å². The van der Waals surface area contributed by atoms with E-state index in [1.807, 2.05) is 0 Å². The van der Waals surface area contributed by atoms with Crippen LogP contribution in [0.2, 0.25) is 0 Å². The number of aliphatic hydroxyl groups excluding tert-OH is 2. The van der Waals surface area contributed by atoms with Gasteiger partial charge < -0.3 is 97.8 Å². The van der Waals surface area contributed by atoms with E-state index in [1.165, 1.54) is 13.8 Å². The third-order valence-corrected chi connectivity index (χ3v) is 11.2. The van der Waals surface area contributed by atoms with Crippen molar-refractivity contribution in [2.45, 2.75) is 159 Å². The smallest absolute Gasteiger partial charge is 0.245 e. The molecule has 1 saturated heterocycles. The van der Waals surface area contributed by atoms with E-state index in [0.29, 0.717) is 0 Å². The summed E-state index contributed by atoms with van der Waals surface area (Å²) in [4.78, 5) is 137. The maximum absolute atomic E-state index is 14.2. The van der Waals surface area contributed by atoms with Gasteiger partial charge in [-0.3, -0.25) is 47.9 Å². The lowest BCUT2D eigenvalue weighted by atomic mass is 9.99. The minimum absolute atomic E-state index is 0.0513. The summed E-state index contributed by atoms with van der Waals surface area (Å²) in [5.74, 6) is -9.85. The lowest BCUT2D eigenvalue weighted by Crippen LogP contribution is -2.62. The van der Waals surface area contributed by atoms with Gasteiger partial charge in [0, 0.05) is 6.54 Å². The average molecular weight is 1020 g/mol. The van der Waals surface area contributed by atoms with Crippen LogP contribution in [0.4, 0.5) is 0 Å². The van der Waals surface area contributed by atoms with Crippen molar-refractivity contribution in [3.05, 3.63) is 0 Å². The fraction of sp³-hybridized carbons (Fsp3) is 0.767. The Bertz CT molecular complexity index is 1790. The number of rotatable bonds is 21. The van der Waals surface area contributed by atoms with Crippen molar-refractivity contribution in [3.63, 3.8) is 0 Å². The average Bonchev–Trinajstić information content (AvgIpc) is 3.29. The summed E-state index contributed by atoms with van der Waals surface area (Å²) in [5.41, 5.74) is 34.5. The van der Waals surface area contributed by atoms with Gasteiger partial charge in [-0.2, -0.15) is 0 Å². The third kappa shape index (κ3) is 21.7. The van der Waals surface area contributed by atoms with Crippen molar-refractivity contribution < 1.29 is 58.2 Å². The molecular weight excluding hydrogens is 933 g/mol. The molecule has 1 unspecified atom stereocenters. The first-order valence-electron chi connectivity index (χ1n) is 24.0. The number of carbonyl (C=O) groups excluding carboxylic acids is 10. The second kappa shape index (κ2) is 32.4. The van der Waals surface area contributed by atoms with E-state index in [4.69, 9.17) is 34.4 Å². The second-order valence-corrected chi connectivity index (χ2v) is 18.3. The summed E-state index contributed by atoms with van der Waals surface area (Å²) >= 11 is 0. The van der Waals surface area contributed by atoms with Crippen molar-refractivity contribution in [1.82, 2.24) is 53.2 Å². The van der Waals surface area contributed by atoms with Crippen LogP contribution in [-0.2, 0) is 47.9 Å². The van der Waals surface area contributed by atoms with Gasteiger partial charge in [-0.15, -0.1) is 0 Å². The highest BCUT2D eigenvalue weighted by Crippen LogP contribution is 2.11. The van der Waals surface area contributed by atoms with Gasteiger partial charge in [0.25, 0.3) is 0 Å². The van der Waals surface area contributed by atoms with Crippen LogP contribution in [0.15, 0.2) is 0 Å². The molecule has 0 radical (unpaired) electrons. The maximum atomic E-state index is 14.2. The van der Waals surface area contributed by atoms with Gasteiger partial charge in [-0.05, 0) is 103 Å². The molecule has 0 bridgehead atoms. The van der Waals surface area contributed by atoms with Crippen molar-refractivity contribution in [2.24, 2.45) is 46.2 Å². The Hall–Kier alpha value is -5.62. The molecule has 1 rings (SSSR count). The molecule has 1 heterocycles. The van der Waals surface area contributed by atoms with Crippen LogP contribution < -0.4 is 87.6 Å². The highest BCUT2D eigenvalue weighted by Gasteiger charge is 2.37. The molecule has 406 valence electrons. The molecule has 0 aromatic heterocycles. The highest BCUT2D eigenvalue weighted by atomic mass is 16.3. The summed E-state index contributed by atoms with van der Waals surface area (Å²) in [6.07, 6.45) is -4.05. The monoisotopic (exact) mass is 1010 g/mol. The van der Waals surface area contributed by atoms with Gasteiger partial charge >= 0.3 is 0 Å². The lowest BCUT2D eigenvalue weighted by Gasteiger charge is -2.29. The molecule has 1 fully saturated rings. The molecule has 0 saturated carbocycles. The summed E-state index contributed by atoms with van der Waals surface area (Å²) in [7, 11) is 0. The number of nitrogens with two attached hydrogens (primary N) is 6. The Kier molecular flexibility index (Phi) is 28.9. The molecular formula is C43H82N16O12. The predicted octanol–water partition coefficient (Wildman–Crippen LogP) is -8.60. The van der Waals surface area contributed by atoms with E-state index >= 15 is 0 Å². The Morgan fingerprint density at radius 3 is 1.49 bits per heavy atom. The molecule has 0 aromatic carbocycles. The zero-order valence-electron chi connectivity index (χ0n) is 41.7. The van der Waals surface area contributed by atoms with Gasteiger partial charge in [0.1, 0.15) is 54.4 Å². The normalized spacial score (nSPS) is 24.8. The Balaban J connectivity index is 3.87. The molecule has 71 heavy (non-hydrogen) atoms. The number of hydrogen-bond donors (Lipinski definition) is 18. The first-order chi connectivity index (χ1) is 33.4. The minimum atomic E-state index is -1.66. The number of hydrogen-bond acceptors (Lipinski definition) is 18. The molecule has 28 nitrogen and oxygen atoms in total. The Labute approximate surface area is 414 Å². The summed E-state index contributed by atoms with van der Waals surface area (Å²) in [6, 6.07) is -14.2. The molecule has 1 aliphatic heterocycles. The number of aliphatic hydroxyl groups is 2. The van der Waals surface area contributed by atoms with Crippen LogP contribution in [0.25, 0.3) is 0 Å². The fourth-order valence-electron chi connectivity index (χ4n) is 7.20. The maximum Gasteiger partial charge on any atom is 0.245 e. The largest absolute Gasteiger partial charge is 0.391 e. The Morgan fingerprint density at radius 2 is 1.03 bits per heavy atom. The molecule has 0 aliphatic carbocycles. The zero-order valence-corrected chi connectivity index (χ0v) is 41.7. The van der Waals surface area contributed by atoms with E-state index in [9.17, 15) is 58.2 Å². The van der Waals surface area contributed by atoms with Gasteiger partial charge in [0.15, 0.2) is 0 Å². The molecule has 24 N–H and O–H groups in total. The standard InChI is InChI=1S/C43H82N16O12/c1-20(2)19-30-40(68)57-31(21(3)4)42(70)54-26(9-15-46)35(63)52-28(11-17-48)39(67)59-32(22(5)60)41(69)50-18-12-29(38(66)51-25(8-14-45)37(65)56-30)53-36(64)27(10-16-47)55-43(71)33(23(6)61)58-34(62)24(49)7-13-44/h20-33,60-61H,7-19,44-49H2,1-6H3,(H,50,69)(H,51,66)(H,52,63)(H,53,64)(H,54,70)(H,55,71)(H,56,65)(H,57,68)(H,58,62)(H,59,67)/t22-,23-,24+,25+,26+,27+,28+,29+,30?,31+,32+,33+/m1/s1. The van der Waals surface area contributed by atoms with Crippen LogP contribution in [0.3, 0.4) is 0 Å². The van der Waals surface area contributed by atoms with Crippen LogP contribution in [0.1, 0.15) is 86.5 Å². The van der Waals surface area contributed by atoms with Gasteiger partial charge in [-0.25, -0.2) is 0 Å². The van der Waals surface area contributed by atoms with Crippen LogP contribution >= 0.6 is 0 Å². The first kappa shape index (κ1) is 63.4. The number of nitrogens with one attached hydrogen (secondary N) is 10. The third-order valence-electron chi connectivity index (χ3n) is 11.2. The quantitative estimate of drug-likeness (QED) is 0.0508. The van der Waals surface area contributed by atoms with Crippen molar-refractivity contribution >= 4 is 59.1 Å². The molecule has 0 aromatic rings. The fourth-order valence-corrected chi connectivity index (χ4v) is 7.20. The first-order valence-corrected chi connectivity index (χ1v) is 24.0. The summed E-state index contributed by atoms with van der Waals surface area (Å²) in [6.45, 7) is 8.25. The predicted molar refractivity (Wildman–Crippen MR) is 259 cm³/mol. The van der Waals surface area contributed by atoms with E-state index in [0.717, 1.165) is 0 Å². The van der Waals surface area contributed by atoms with Crippen LogP contribution in [0, 0.1) is 11.8 Å².